The van der Waals surface area contributed by atoms with Gasteiger partial charge in [-0.15, -0.1) is 0 Å². The Morgan fingerprint density at radius 3 is 0.833 bits per heavy atom. The van der Waals surface area contributed by atoms with Crippen molar-refractivity contribution in [1.82, 2.24) is 0 Å². The molecular formula is C32H60BF5N2O2. The van der Waals surface area contributed by atoms with E-state index < -0.39 is 41.7 Å². The first-order valence-corrected chi connectivity index (χ1v) is 16.6. The molecule has 0 aromatic heterocycles. The highest BCUT2D eigenvalue weighted by Crippen LogP contribution is 2.16. The third-order valence-corrected chi connectivity index (χ3v) is 7.19. The van der Waals surface area contributed by atoms with Crippen molar-refractivity contribution in [3.8, 4) is 0 Å². The summed E-state index contributed by atoms with van der Waals surface area (Å²) >= 11 is 0. The molecule has 0 aliphatic rings. The zero-order valence-corrected chi connectivity index (χ0v) is 26.7. The van der Waals surface area contributed by atoms with Gasteiger partial charge in [0.25, 0.3) is 0 Å². The summed E-state index contributed by atoms with van der Waals surface area (Å²) in [7, 11) is -3.26. The highest BCUT2D eigenvalue weighted by Gasteiger charge is 2.23. The summed E-state index contributed by atoms with van der Waals surface area (Å²) in [5, 5.41) is 20.2. The van der Waals surface area contributed by atoms with Crippen LogP contribution in [0.5, 0.6) is 0 Å². The maximum Gasteiger partial charge on any atom is 0.200 e. The van der Waals surface area contributed by atoms with Crippen LogP contribution in [0, 0.1) is 29.1 Å². The Balaban J connectivity index is 0. The van der Waals surface area contributed by atoms with Gasteiger partial charge in [0.1, 0.15) is 0 Å². The lowest BCUT2D eigenvalue weighted by atomic mass is 9.79. The molecule has 1 aromatic rings. The van der Waals surface area contributed by atoms with Crippen LogP contribution < -0.4 is 27.0 Å². The third kappa shape index (κ3) is 23.3. The Morgan fingerprint density at radius 2 is 0.619 bits per heavy atom. The lowest BCUT2D eigenvalue weighted by Gasteiger charge is -2.27. The Kier molecular flexibility index (Phi) is 31.9. The molecule has 0 spiro atoms. The molecule has 0 saturated carbocycles. The highest BCUT2D eigenvalue weighted by atomic mass is 19.2. The zero-order chi connectivity index (χ0) is 32.0. The minimum atomic E-state index is -3.26. The van der Waals surface area contributed by atoms with E-state index in [9.17, 15) is 32.0 Å². The van der Waals surface area contributed by atoms with Crippen molar-refractivity contribution >= 4 is 12.6 Å². The van der Waals surface area contributed by atoms with Crippen LogP contribution in [0.15, 0.2) is 0 Å². The molecule has 0 aliphatic heterocycles. The van der Waals surface area contributed by atoms with E-state index >= 15 is 0 Å². The van der Waals surface area contributed by atoms with E-state index in [0.717, 1.165) is 13.1 Å². The molecule has 0 aliphatic carbocycles. The van der Waals surface area contributed by atoms with Crippen molar-refractivity contribution < 1.29 is 43.5 Å². The van der Waals surface area contributed by atoms with Gasteiger partial charge in [-0.2, -0.15) is 0 Å². The zero-order valence-electron chi connectivity index (χ0n) is 26.7. The smallest absolute Gasteiger partial charge is 0.200 e. The molecule has 0 fully saturated rings. The van der Waals surface area contributed by atoms with Crippen molar-refractivity contribution in [1.29, 1.82) is 0 Å². The summed E-state index contributed by atoms with van der Waals surface area (Å²) in [6, 6.07) is 0. The van der Waals surface area contributed by atoms with Gasteiger partial charge in [0, 0.05) is 0 Å². The quantitative estimate of drug-likeness (QED) is 0.0532. The molecule has 0 radical (unpaired) electrons. The first-order valence-electron chi connectivity index (χ1n) is 16.6. The molecule has 0 atom stereocenters. The maximum absolute atomic E-state index is 12.5. The largest absolute Gasteiger partial charge is 0.889 e. The molecule has 1 rings (SSSR count). The Labute approximate surface area is 253 Å². The maximum atomic E-state index is 12.5. The fourth-order valence-electron chi connectivity index (χ4n) is 4.51. The molecular weight excluding hydrogens is 550 g/mol. The second kappa shape index (κ2) is 31.2. The molecule has 10 heteroatoms. The average Bonchev–Trinajstić information content (AvgIpc) is 2.97. The standard InChI is InChI=1S/2C13H29N.C6BF5O2/c2*1-2-3-4-5-6-7-8-9-10-11-12-13-14;8-2-1(7(13)14)3(9)5(11)6(12)4(2)10/h2*2-14H2,1H3;/q;;-2/p+2. The Morgan fingerprint density at radius 1 is 0.405 bits per heavy atom. The van der Waals surface area contributed by atoms with Gasteiger partial charge in [-0.1, -0.05) is 137 Å². The SMILES string of the molecule is CCCCCCCCCCCCC[NH3+].CCCCCCCCCCCCC[NH3+].[O-]B([O-])c1c(F)c(F)c(F)c(F)c1F. The van der Waals surface area contributed by atoms with Crippen molar-refractivity contribution in [3.63, 3.8) is 0 Å². The Hall–Kier alpha value is -1.23. The predicted octanol–water partition coefficient (Wildman–Crippen LogP) is 5.88. The van der Waals surface area contributed by atoms with Gasteiger partial charge in [-0.05, 0) is 31.1 Å². The number of halogens is 5. The number of rotatable bonds is 23. The summed E-state index contributed by atoms with van der Waals surface area (Å²) in [4.78, 5) is 0. The topological polar surface area (TPSA) is 101 Å². The van der Waals surface area contributed by atoms with E-state index in [1.54, 1.807) is 0 Å². The van der Waals surface area contributed by atoms with Gasteiger partial charge in [-0.3, -0.25) is 0 Å². The third-order valence-electron chi connectivity index (χ3n) is 7.19. The number of quaternary nitrogens is 2. The molecule has 0 unspecified atom stereocenters. The van der Waals surface area contributed by atoms with Gasteiger partial charge in [0.05, 0.1) is 13.1 Å². The summed E-state index contributed by atoms with van der Waals surface area (Å²) in [6.45, 7) is 6.80. The van der Waals surface area contributed by atoms with Crippen molar-refractivity contribution in [2.45, 2.75) is 155 Å². The number of hydrogen-bond acceptors (Lipinski definition) is 2. The van der Waals surface area contributed by atoms with Gasteiger partial charge >= 0.3 is 0 Å². The van der Waals surface area contributed by atoms with Crippen molar-refractivity contribution in [2.75, 3.05) is 13.1 Å². The molecule has 0 bridgehead atoms. The molecule has 248 valence electrons. The number of unbranched alkanes of at least 4 members (excludes halogenated alkanes) is 20. The molecule has 6 N–H and O–H groups in total. The average molecular weight is 611 g/mol. The van der Waals surface area contributed by atoms with Gasteiger partial charge in [-0.25, -0.2) is 22.0 Å². The predicted molar refractivity (Wildman–Crippen MR) is 160 cm³/mol. The van der Waals surface area contributed by atoms with E-state index in [-0.39, 0.29) is 0 Å². The minimum Gasteiger partial charge on any atom is -0.889 e. The van der Waals surface area contributed by atoms with E-state index in [1.165, 1.54) is 141 Å². The minimum absolute atomic E-state index is 1.12. The van der Waals surface area contributed by atoms with Crippen LogP contribution in [-0.2, 0) is 0 Å². The first-order chi connectivity index (χ1) is 20.2. The fourth-order valence-corrected chi connectivity index (χ4v) is 4.51. The Bertz CT molecular complexity index is 668. The van der Waals surface area contributed by atoms with E-state index in [0.29, 0.717) is 0 Å². The molecule has 4 nitrogen and oxygen atoms in total. The normalized spacial score (nSPS) is 10.6. The lowest BCUT2D eigenvalue weighted by Crippen LogP contribution is -2.58. The monoisotopic (exact) mass is 610 g/mol. The van der Waals surface area contributed by atoms with Gasteiger partial charge < -0.3 is 21.5 Å². The molecule has 42 heavy (non-hydrogen) atoms. The van der Waals surface area contributed by atoms with Crippen LogP contribution in [0.3, 0.4) is 0 Å². The van der Waals surface area contributed by atoms with Crippen LogP contribution in [0.25, 0.3) is 0 Å². The molecule has 1 aromatic carbocycles. The summed E-state index contributed by atoms with van der Waals surface area (Å²) < 4.78 is 62.0. The van der Waals surface area contributed by atoms with Crippen LogP contribution >= 0.6 is 0 Å². The molecule has 0 amide bonds. The number of benzene rings is 1. The molecule has 0 heterocycles. The molecule has 0 saturated heterocycles. The van der Waals surface area contributed by atoms with E-state index in [1.807, 2.05) is 0 Å². The van der Waals surface area contributed by atoms with Crippen molar-refractivity contribution in [2.24, 2.45) is 0 Å². The van der Waals surface area contributed by atoms with Crippen LogP contribution in [0.1, 0.15) is 155 Å². The van der Waals surface area contributed by atoms with Crippen molar-refractivity contribution in [3.05, 3.63) is 29.1 Å². The lowest BCUT2D eigenvalue weighted by molar-refractivity contribution is -0.368. The second-order valence-electron chi connectivity index (χ2n) is 11.1. The summed E-state index contributed by atoms with van der Waals surface area (Å²) in [5.74, 6) is -11.7. The van der Waals surface area contributed by atoms with Gasteiger partial charge in [0.2, 0.25) is 0 Å². The van der Waals surface area contributed by atoms with Crippen LogP contribution in [0.2, 0.25) is 0 Å². The highest BCUT2D eigenvalue weighted by molar-refractivity contribution is 6.55. The summed E-state index contributed by atoms with van der Waals surface area (Å²) in [5.41, 5.74) is 5.84. The van der Waals surface area contributed by atoms with E-state index in [4.69, 9.17) is 0 Å². The van der Waals surface area contributed by atoms with Gasteiger partial charge in [0.15, 0.2) is 29.1 Å². The summed E-state index contributed by atoms with van der Waals surface area (Å²) in [6.07, 6.45) is 31.5. The second-order valence-corrected chi connectivity index (χ2v) is 11.1. The van der Waals surface area contributed by atoms with Crippen LogP contribution in [-0.4, -0.2) is 20.2 Å². The number of hydrogen-bond donors (Lipinski definition) is 2. The van der Waals surface area contributed by atoms with E-state index in [2.05, 4.69) is 25.3 Å². The van der Waals surface area contributed by atoms with Crippen LogP contribution in [0.4, 0.5) is 22.0 Å². The first kappa shape index (κ1) is 42.9. The fraction of sp³-hybridized carbons (Fsp3) is 0.812.